The van der Waals surface area contributed by atoms with E-state index in [-0.39, 0.29) is 17.9 Å². The predicted molar refractivity (Wildman–Crippen MR) is 72.4 cm³/mol. The molecule has 0 amide bonds. The van der Waals surface area contributed by atoms with E-state index >= 15 is 0 Å². The molecule has 0 bridgehead atoms. The average Bonchev–Trinajstić information content (AvgIpc) is 2.36. The number of aromatic carboxylic acids is 1. The first kappa shape index (κ1) is 15.5. The minimum Gasteiger partial charge on any atom is -0.492 e. The van der Waals surface area contributed by atoms with Crippen molar-refractivity contribution in [2.24, 2.45) is 5.41 Å². The zero-order valence-electron chi connectivity index (χ0n) is 10.9. The third-order valence-corrected chi connectivity index (χ3v) is 2.99. The van der Waals surface area contributed by atoms with Crippen molar-refractivity contribution in [1.29, 1.82) is 0 Å². The van der Waals surface area contributed by atoms with E-state index in [0.717, 1.165) is 0 Å². The number of carboxylic acid groups (broad SMARTS) is 1. The van der Waals surface area contributed by atoms with Gasteiger partial charge < -0.3 is 14.6 Å². The molecule has 1 aromatic carbocycles. The third-order valence-electron chi connectivity index (χ3n) is 2.50. The summed E-state index contributed by atoms with van der Waals surface area (Å²) >= 11 is 3.20. The topological polar surface area (TPSA) is 72.8 Å². The van der Waals surface area contributed by atoms with Crippen LogP contribution in [-0.2, 0) is 9.53 Å². The Bertz CT molecular complexity index is 496. The van der Waals surface area contributed by atoms with Crippen LogP contribution in [0, 0.1) is 5.41 Å². The van der Waals surface area contributed by atoms with Gasteiger partial charge in [0.15, 0.2) is 0 Å². The van der Waals surface area contributed by atoms with Crippen molar-refractivity contribution >= 4 is 27.9 Å². The number of halogens is 1. The number of hydrogen-bond acceptors (Lipinski definition) is 4. The first-order valence-electron chi connectivity index (χ1n) is 5.52. The minimum atomic E-state index is -1.09. The molecule has 0 atom stereocenters. The van der Waals surface area contributed by atoms with Gasteiger partial charge >= 0.3 is 11.9 Å². The Hall–Kier alpha value is -1.56. The standard InChI is InChI=1S/C13H15BrO5/c1-13(2,12(17)18-3)7-19-10-5-4-8(14)6-9(10)11(15)16/h4-6H,7H2,1-3H3,(H,15,16). The average molecular weight is 331 g/mol. The number of rotatable bonds is 5. The zero-order valence-corrected chi connectivity index (χ0v) is 12.5. The van der Waals surface area contributed by atoms with Crippen LogP contribution >= 0.6 is 15.9 Å². The van der Waals surface area contributed by atoms with Crippen LogP contribution in [0.15, 0.2) is 22.7 Å². The van der Waals surface area contributed by atoms with E-state index in [1.165, 1.54) is 13.2 Å². The Morgan fingerprint density at radius 2 is 2.00 bits per heavy atom. The van der Waals surface area contributed by atoms with Crippen LogP contribution in [0.3, 0.4) is 0 Å². The number of carbonyl (C=O) groups excluding carboxylic acids is 1. The van der Waals surface area contributed by atoms with Gasteiger partial charge in [0.25, 0.3) is 0 Å². The summed E-state index contributed by atoms with van der Waals surface area (Å²) in [6.07, 6.45) is 0. The molecule has 0 aliphatic rings. The Morgan fingerprint density at radius 1 is 1.37 bits per heavy atom. The van der Waals surface area contributed by atoms with Crippen molar-refractivity contribution in [3.05, 3.63) is 28.2 Å². The molecule has 1 N–H and O–H groups in total. The Kier molecular flexibility index (Phi) is 4.94. The Morgan fingerprint density at radius 3 is 2.53 bits per heavy atom. The van der Waals surface area contributed by atoms with E-state index in [2.05, 4.69) is 20.7 Å². The second-order valence-corrected chi connectivity index (χ2v) is 5.53. The maximum atomic E-state index is 11.5. The van der Waals surface area contributed by atoms with Crippen molar-refractivity contribution in [3.8, 4) is 5.75 Å². The Labute approximate surface area is 119 Å². The molecule has 0 aliphatic carbocycles. The normalized spacial score (nSPS) is 10.9. The van der Waals surface area contributed by atoms with Gasteiger partial charge in [-0.3, -0.25) is 4.79 Å². The van der Waals surface area contributed by atoms with E-state index in [9.17, 15) is 9.59 Å². The summed E-state index contributed by atoms with van der Waals surface area (Å²) in [4.78, 5) is 22.6. The van der Waals surface area contributed by atoms with Crippen LogP contribution in [-0.4, -0.2) is 30.8 Å². The van der Waals surface area contributed by atoms with Crippen LogP contribution in [0.2, 0.25) is 0 Å². The molecule has 0 heterocycles. The first-order chi connectivity index (χ1) is 8.77. The van der Waals surface area contributed by atoms with Gasteiger partial charge in [-0.1, -0.05) is 15.9 Å². The quantitative estimate of drug-likeness (QED) is 0.840. The molecule has 0 aromatic heterocycles. The summed E-state index contributed by atoms with van der Waals surface area (Å²) in [5, 5.41) is 9.08. The molecule has 104 valence electrons. The molecule has 0 unspecified atom stereocenters. The number of methoxy groups -OCH3 is 1. The molecule has 1 aromatic rings. The van der Waals surface area contributed by atoms with Crippen LogP contribution in [0.1, 0.15) is 24.2 Å². The van der Waals surface area contributed by atoms with Crippen molar-refractivity contribution in [2.45, 2.75) is 13.8 Å². The van der Waals surface area contributed by atoms with Gasteiger partial charge in [-0.25, -0.2) is 4.79 Å². The van der Waals surface area contributed by atoms with Gasteiger partial charge in [0.2, 0.25) is 0 Å². The maximum absolute atomic E-state index is 11.5. The van der Waals surface area contributed by atoms with Crippen LogP contribution < -0.4 is 4.74 Å². The minimum absolute atomic E-state index is 0.0294. The fraction of sp³-hybridized carbons (Fsp3) is 0.385. The number of carbonyl (C=O) groups is 2. The highest BCUT2D eigenvalue weighted by Crippen LogP contribution is 2.26. The van der Waals surface area contributed by atoms with Gasteiger partial charge in [0.1, 0.15) is 17.9 Å². The SMILES string of the molecule is COC(=O)C(C)(C)COc1ccc(Br)cc1C(=O)O. The number of esters is 1. The van der Waals surface area contributed by atoms with E-state index < -0.39 is 17.4 Å². The summed E-state index contributed by atoms with van der Waals surface area (Å²) in [5.74, 6) is -1.29. The molecule has 0 spiro atoms. The lowest BCUT2D eigenvalue weighted by molar-refractivity contribution is -0.152. The van der Waals surface area contributed by atoms with Crippen molar-refractivity contribution < 1.29 is 24.2 Å². The number of carboxylic acids is 1. The maximum Gasteiger partial charge on any atom is 0.339 e. The summed E-state index contributed by atoms with van der Waals surface area (Å²) in [7, 11) is 1.30. The molecule has 0 radical (unpaired) electrons. The fourth-order valence-electron chi connectivity index (χ4n) is 1.39. The summed E-state index contributed by atoms with van der Waals surface area (Å²) < 4.78 is 10.7. The highest BCUT2D eigenvalue weighted by molar-refractivity contribution is 9.10. The van der Waals surface area contributed by atoms with Crippen LogP contribution in [0.25, 0.3) is 0 Å². The molecule has 1 rings (SSSR count). The second-order valence-electron chi connectivity index (χ2n) is 4.61. The predicted octanol–water partition coefficient (Wildman–Crippen LogP) is 2.73. The van der Waals surface area contributed by atoms with E-state index in [1.807, 2.05) is 0 Å². The lowest BCUT2D eigenvalue weighted by atomic mass is 9.95. The fourth-order valence-corrected chi connectivity index (χ4v) is 1.75. The summed E-state index contributed by atoms with van der Waals surface area (Å²) in [6, 6.07) is 4.66. The summed E-state index contributed by atoms with van der Waals surface area (Å²) in [5.41, 5.74) is -0.813. The first-order valence-corrected chi connectivity index (χ1v) is 6.31. The highest BCUT2D eigenvalue weighted by atomic mass is 79.9. The summed E-state index contributed by atoms with van der Waals surface area (Å²) in [6.45, 7) is 3.36. The zero-order chi connectivity index (χ0) is 14.6. The third kappa shape index (κ3) is 3.96. The van der Waals surface area contributed by atoms with Gasteiger partial charge in [-0.15, -0.1) is 0 Å². The van der Waals surface area contributed by atoms with E-state index in [4.69, 9.17) is 9.84 Å². The van der Waals surface area contributed by atoms with Crippen molar-refractivity contribution in [1.82, 2.24) is 0 Å². The Balaban J connectivity index is 2.89. The molecular formula is C13H15BrO5. The largest absolute Gasteiger partial charge is 0.492 e. The molecule has 0 saturated heterocycles. The van der Waals surface area contributed by atoms with Gasteiger partial charge in [-0.2, -0.15) is 0 Å². The molecule has 0 fully saturated rings. The number of hydrogen-bond donors (Lipinski definition) is 1. The van der Waals surface area contributed by atoms with E-state index in [0.29, 0.717) is 4.47 Å². The van der Waals surface area contributed by atoms with Crippen molar-refractivity contribution in [3.63, 3.8) is 0 Å². The smallest absolute Gasteiger partial charge is 0.339 e. The molecule has 19 heavy (non-hydrogen) atoms. The van der Waals surface area contributed by atoms with Gasteiger partial charge in [-0.05, 0) is 32.0 Å². The van der Waals surface area contributed by atoms with E-state index in [1.54, 1.807) is 26.0 Å². The molecule has 6 heteroatoms. The lowest BCUT2D eigenvalue weighted by Gasteiger charge is -2.22. The second kappa shape index (κ2) is 6.06. The monoisotopic (exact) mass is 330 g/mol. The van der Waals surface area contributed by atoms with Crippen LogP contribution in [0.4, 0.5) is 0 Å². The lowest BCUT2D eigenvalue weighted by Crippen LogP contribution is -2.32. The number of ether oxygens (including phenoxy) is 2. The molecule has 5 nitrogen and oxygen atoms in total. The van der Waals surface area contributed by atoms with Gasteiger partial charge in [0, 0.05) is 4.47 Å². The molecule has 0 aliphatic heterocycles. The van der Waals surface area contributed by atoms with Crippen LogP contribution in [0.5, 0.6) is 5.75 Å². The molecule has 0 saturated carbocycles. The highest BCUT2D eigenvalue weighted by Gasteiger charge is 2.30. The molecular weight excluding hydrogens is 316 g/mol. The van der Waals surface area contributed by atoms with Gasteiger partial charge in [0.05, 0.1) is 12.5 Å². The van der Waals surface area contributed by atoms with Crippen molar-refractivity contribution in [2.75, 3.05) is 13.7 Å². The number of benzene rings is 1.